The Kier molecular flexibility index (Phi) is 5.53. The van der Waals surface area contributed by atoms with Crippen molar-refractivity contribution in [3.63, 3.8) is 0 Å². The summed E-state index contributed by atoms with van der Waals surface area (Å²) in [5.41, 5.74) is 2.35. The number of esters is 1. The second-order valence-corrected chi connectivity index (χ2v) is 5.63. The summed E-state index contributed by atoms with van der Waals surface area (Å²) in [6.07, 6.45) is 0. The molecule has 134 valence electrons. The lowest BCUT2D eigenvalue weighted by atomic mass is 10.1. The number of aromatic nitrogens is 1. The van der Waals surface area contributed by atoms with Crippen LogP contribution in [0.1, 0.15) is 11.3 Å². The molecule has 0 saturated heterocycles. The van der Waals surface area contributed by atoms with E-state index in [0.717, 1.165) is 16.9 Å². The molecule has 0 aliphatic rings. The molecule has 0 aliphatic heterocycles. The van der Waals surface area contributed by atoms with Gasteiger partial charge in [-0.25, -0.2) is 4.79 Å². The van der Waals surface area contributed by atoms with Gasteiger partial charge >= 0.3 is 5.97 Å². The molecule has 0 N–H and O–H groups in total. The lowest BCUT2D eigenvalue weighted by Gasteiger charge is -2.08. The van der Waals surface area contributed by atoms with Crippen LogP contribution in [0, 0.1) is 6.92 Å². The Morgan fingerprint density at radius 1 is 1.12 bits per heavy atom. The third-order valence-corrected chi connectivity index (χ3v) is 3.75. The number of hydrogen-bond donors (Lipinski definition) is 0. The summed E-state index contributed by atoms with van der Waals surface area (Å²) in [5, 5.41) is 3.92. The molecule has 26 heavy (non-hydrogen) atoms. The smallest absolute Gasteiger partial charge is 0.344 e. The van der Waals surface area contributed by atoms with Gasteiger partial charge in [-0.05, 0) is 42.8 Å². The van der Waals surface area contributed by atoms with Gasteiger partial charge in [-0.15, -0.1) is 0 Å². The lowest BCUT2D eigenvalue weighted by Crippen LogP contribution is -2.15. The fourth-order valence-corrected chi connectivity index (χ4v) is 2.32. The van der Waals surface area contributed by atoms with Gasteiger partial charge in [-0.1, -0.05) is 23.4 Å². The van der Waals surface area contributed by atoms with Crippen LogP contribution < -0.4 is 9.47 Å². The fraction of sp³-hybridized carbons (Fsp3) is 0.200. The molecule has 0 radical (unpaired) electrons. The number of hydrogen-bond acceptors (Lipinski definition) is 6. The molecule has 0 fully saturated rings. The summed E-state index contributed by atoms with van der Waals surface area (Å²) in [4.78, 5) is 11.8. The van der Waals surface area contributed by atoms with Crippen molar-refractivity contribution in [3.05, 3.63) is 65.9 Å². The molecule has 2 aromatic carbocycles. The minimum atomic E-state index is -0.470. The first-order valence-electron chi connectivity index (χ1n) is 8.10. The molecule has 0 amide bonds. The van der Waals surface area contributed by atoms with E-state index in [-0.39, 0.29) is 13.2 Å². The van der Waals surface area contributed by atoms with Gasteiger partial charge in [0.15, 0.2) is 12.4 Å². The van der Waals surface area contributed by atoms with E-state index < -0.39 is 5.97 Å². The second kappa shape index (κ2) is 8.20. The van der Waals surface area contributed by atoms with Gasteiger partial charge in [0.25, 0.3) is 0 Å². The van der Waals surface area contributed by atoms with Crippen molar-refractivity contribution in [2.45, 2.75) is 13.5 Å². The van der Waals surface area contributed by atoms with Crippen LogP contribution in [0.5, 0.6) is 11.5 Å². The Morgan fingerprint density at radius 2 is 1.88 bits per heavy atom. The summed E-state index contributed by atoms with van der Waals surface area (Å²) in [5.74, 6) is 1.54. The Hall–Kier alpha value is -3.28. The topological polar surface area (TPSA) is 70.8 Å². The van der Waals surface area contributed by atoms with E-state index in [1.54, 1.807) is 19.2 Å². The molecule has 0 aliphatic carbocycles. The van der Waals surface area contributed by atoms with Crippen LogP contribution in [0.25, 0.3) is 11.3 Å². The first kappa shape index (κ1) is 17.5. The van der Waals surface area contributed by atoms with Gasteiger partial charge in [-0.2, -0.15) is 0 Å². The number of carbonyl (C=O) groups excluding carboxylic acids is 1. The van der Waals surface area contributed by atoms with Crippen LogP contribution >= 0.6 is 0 Å². The summed E-state index contributed by atoms with van der Waals surface area (Å²) in [7, 11) is 1.61. The minimum absolute atomic E-state index is 0.0234. The highest BCUT2D eigenvalue weighted by atomic mass is 16.6. The molecule has 0 unspecified atom stereocenters. The lowest BCUT2D eigenvalue weighted by molar-refractivity contribution is -0.147. The average Bonchev–Trinajstić information content (AvgIpc) is 3.15. The maximum Gasteiger partial charge on any atom is 0.344 e. The quantitative estimate of drug-likeness (QED) is 0.602. The number of nitrogens with zero attached hydrogens (tertiary/aromatic N) is 1. The van der Waals surface area contributed by atoms with Gasteiger partial charge in [0.05, 0.1) is 7.11 Å². The Labute approximate surface area is 151 Å². The van der Waals surface area contributed by atoms with Gasteiger partial charge in [0.2, 0.25) is 0 Å². The van der Waals surface area contributed by atoms with Crippen molar-refractivity contribution >= 4 is 5.97 Å². The summed E-state index contributed by atoms with van der Waals surface area (Å²) >= 11 is 0. The van der Waals surface area contributed by atoms with E-state index in [1.807, 2.05) is 49.4 Å². The average molecular weight is 353 g/mol. The fourth-order valence-electron chi connectivity index (χ4n) is 2.32. The zero-order valence-electron chi connectivity index (χ0n) is 14.6. The predicted octanol–water partition coefficient (Wildman–Crippen LogP) is 3.78. The number of methoxy groups -OCH3 is 1. The van der Waals surface area contributed by atoms with E-state index in [1.165, 1.54) is 0 Å². The van der Waals surface area contributed by atoms with Crippen molar-refractivity contribution in [2.24, 2.45) is 0 Å². The normalized spacial score (nSPS) is 10.4. The first-order valence-corrected chi connectivity index (χ1v) is 8.10. The molecule has 0 saturated carbocycles. The molecule has 6 heteroatoms. The van der Waals surface area contributed by atoms with E-state index in [9.17, 15) is 4.79 Å². The third kappa shape index (κ3) is 4.42. The van der Waals surface area contributed by atoms with Crippen LogP contribution in [-0.2, 0) is 16.1 Å². The van der Waals surface area contributed by atoms with E-state index in [4.69, 9.17) is 18.7 Å². The molecule has 3 rings (SSSR count). The van der Waals surface area contributed by atoms with Crippen molar-refractivity contribution in [2.75, 3.05) is 13.7 Å². The van der Waals surface area contributed by atoms with Crippen LogP contribution in [0.3, 0.4) is 0 Å². The molecular formula is C20H19NO5. The summed E-state index contributed by atoms with van der Waals surface area (Å²) < 4.78 is 21.0. The van der Waals surface area contributed by atoms with Crippen molar-refractivity contribution in [1.29, 1.82) is 0 Å². The molecule has 0 atom stereocenters. The Balaban J connectivity index is 1.51. The molecule has 6 nitrogen and oxygen atoms in total. The number of carbonyl (C=O) groups is 1. The molecule has 3 aromatic rings. The summed E-state index contributed by atoms with van der Waals surface area (Å²) in [6.45, 7) is 1.78. The van der Waals surface area contributed by atoms with Crippen LogP contribution in [-0.4, -0.2) is 24.8 Å². The Bertz CT molecular complexity index is 870. The predicted molar refractivity (Wildman–Crippen MR) is 95.0 cm³/mol. The number of ether oxygens (including phenoxy) is 3. The van der Waals surface area contributed by atoms with Crippen molar-refractivity contribution < 1.29 is 23.5 Å². The highest BCUT2D eigenvalue weighted by Gasteiger charge is 2.11. The highest BCUT2D eigenvalue weighted by Crippen LogP contribution is 2.23. The van der Waals surface area contributed by atoms with E-state index in [2.05, 4.69) is 5.16 Å². The van der Waals surface area contributed by atoms with E-state index in [0.29, 0.717) is 17.2 Å². The van der Waals surface area contributed by atoms with Gasteiger partial charge in [0.1, 0.15) is 23.8 Å². The zero-order valence-corrected chi connectivity index (χ0v) is 14.6. The van der Waals surface area contributed by atoms with E-state index >= 15 is 0 Å². The molecule has 1 heterocycles. The van der Waals surface area contributed by atoms with Crippen LogP contribution in [0.4, 0.5) is 0 Å². The van der Waals surface area contributed by atoms with Gasteiger partial charge < -0.3 is 18.7 Å². The van der Waals surface area contributed by atoms with Crippen LogP contribution in [0.2, 0.25) is 0 Å². The molecule has 0 bridgehead atoms. The summed E-state index contributed by atoms with van der Waals surface area (Å²) in [6, 6.07) is 16.6. The maximum atomic E-state index is 11.8. The van der Waals surface area contributed by atoms with Crippen LogP contribution in [0.15, 0.2) is 59.1 Å². The minimum Gasteiger partial charge on any atom is -0.497 e. The number of rotatable bonds is 7. The van der Waals surface area contributed by atoms with Crippen molar-refractivity contribution in [1.82, 2.24) is 5.16 Å². The largest absolute Gasteiger partial charge is 0.497 e. The van der Waals surface area contributed by atoms with Crippen molar-refractivity contribution in [3.8, 4) is 22.8 Å². The standard InChI is InChI=1S/C20H19NO5/c1-14-5-3-4-6-18(14)24-13-20(22)25-12-16-11-19(26-21-16)15-7-9-17(23-2)10-8-15/h3-11H,12-13H2,1-2H3. The first-order chi connectivity index (χ1) is 12.7. The van der Waals surface area contributed by atoms with Gasteiger partial charge in [0, 0.05) is 11.6 Å². The van der Waals surface area contributed by atoms with Gasteiger partial charge in [-0.3, -0.25) is 0 Å². The molecule has 0 spiro atoms. The monoisotopic (exact) mass is 353 g/mol. The SMILES string of the molecule is COc1ccc(-c2cc(COC(=O)COc3ccccc3C)no2)cc1. The maximum absolute atomic E-state index is 11.8. The second-order valence-electron chi connectivity index (χ2n) is 5.63. The molecule has 1 aromatic heterocycles. The third-order valence-electron chi connectivity index (χ3n) is 3.75. The number of benzene rings is 2. The Morgan fingerprint density at radius 3 is 2.62 bits per heavy atom. The zero-order chi connectivity index (χ0) is 18.4. The molecular weight excluding hydrogens is 334 g/mol. The highest BCUT2D eigenvalue weighted by molar-refractivity contribution is 5.71. The number of aryl methyl sites for hydroxylation is 1. The number of para-hydroxylation sites is 1.